The third-order valence-electron chi connectivity index (χ3n) is 6.10. The maximum Gasteiger partial charge on any atom is 0.248 e. The molecule has 0 aliphatic carbocycles. The number of carbonyl (C=O) groups excluding carboxylic acids is 3. The molecule has 234 valence electrons. The van der Waals surface area contributed by atoms with Crippen molar-refractivity contribution in [3.63, 3.8) is 0 Å². The number of hydrogen-bond donors (Lipinski definition) is 5. The number of nitrogens with two attached hydrogens (primary N) is 3. The lowest BCUT2D eigenvalue weighted by Gasteiger charge is -2.23. The zero-order valence-electron chi connectivity index (χ0n) is 22.9. The Morgan fingerprint density at radius 2 is 1.43 bits per heavy atom. The van der Waals surface area contributed by atoms with E-state index in [0.29, 0.717) is 44.5 Å². The SMILES string of the molecule is NCCN(CCN)C(=O)CC[C@H](N)C(=O)N[C@H](CCc1ccccc1)C(=O)Nc1cc2ccccc2nn1.[Cl-].[Cl-].[Cl-].[Cl-]. The van der Waals surface area contributed by atoms with E-state index >= 15 is 0 Å². The first-order chi connectivity index (χ1) is 18.4. The number of amides is 3. The second-order valence-corrected chi connectivity index (χ2v) is 8.97. The van der Waals surface area contributed by atoms with Gasteiger partial charge in [0.05, 0.1) is 11.6 Å². The molecule has 0 bridgehead atoms. The number of halogens is 4. The third-order valence-corrected chi connectivity index (χ3v) is 6.10. The maximum atomic E-state index is 13.2. The molecule has 3 aromatic rings. The van der Waals surface area contributed by atoms with E-state index in [0.717, 1.165) is 10.9 Å². The minimum atomic E-state index is -0.968. The lowest BCUT2D eigenvalue weighted by molar-refractivity contribution is -0.132. The number of hydrogen-bond acceptors (Lipinski definition) is 8. The molecule has 42 heavy (non-hydrogen) atoms. The molecule has 0 fully saturated rings. The van der Waals surface area contributed by atoms with Crippen molar-refractivity contribution in [1.82, 2.24) is 20.4 Å². The zero-order chi connectivity index (χ0) is 27.3. The average molecular weight is 662 g/mol. The van der Waals surface area contributed by atoms with Gasteiger partial charge in [0.25, 0.3) is 0 Å². The number of carbonyl (C=O) groups is 3. The number of fused-ring (bicyclic) bond motifs is 1. The number of rotatable bonds is 14. The standard InChI is InChI=1S/C27H36N8O3.4ClH/c28-14-16-35(17-15-29)25(36)13-11-21(30)26(37)31-23(12-10-19-6-2-1-3-7-19)27(38)32-24-18-20-8-4-5-9-22(20)33-34-24;;;;/h1-9,18,21,23H,10-17,28-30H2,(H,31,37)(H,32,34,38);4*1H/p-4/t21-,23+;;;;/m0..../s1. The molecule has 0 saturated heterocycles. The molecule has 3 amide bonds. The van der Waals surface area contributed by atoms with E-state index in [1.165, 1.54) is 0 Å². The van der Waals surface area contributed by atoms with Crippen LogP contribution in [0.25, 0.3) is 10.9 Å². The summed E-state index contributed by atoms with van der Waals surface area (Å²) in [5.41, 5.74) is 19.0. The van der Waals surface area contributed by atoms with E-state index in [4.69, 9.17) is 17.2 Å². The summed E-state index contributed by atoms with van der Waals surface area (Å²) in [6.07, 6.45) is 1.10. The van der Waals surface area contributed by atoms with Crippen LogP contribution in [0.5, 0.6) is 0 Å². The van der Waals surface area contributed by atoms with Crippen molar-refractivity contribution in [3.8, 4) is 0 Å². The van der Waals surface area contributed by atoms with Crippen LogP contribution in [0.1, 0.15) is 24.8 Å². The van der Waals surface area contributed by atoms with Gasteiger partial charge >= 0.3 is 0 Å². The summed E-state index contributed by atoms with van der Waals surface area (Å²) in [6, 6.07) is 17.0. The van der Waals surface area contributed by atoms with E-state index in [2.05, 4.69) is 20.8 Å². The van der Waals surface area contributed by atoms with E-state index in [1.54, 1.807) is 11.0 Å². The zero-order valence-corrected chi connectivity index (χ0v) is 25.9. The lowest BCUT2D eigenvalue weighted by Crippen LogP contribution is -3.00. The molecule has 1 aromatic heterocycles. The Bertz CT molecular complexity index is 1220. The van der Waals surface area contributed by atoms with Gasteiger partial charge in [-0.05, 0) is 37.0 Å². The molecule has 2 atom stereocenters. The van der Waals surface area contributed by atoms with Crippen molar-refractivity contribution in [2.24, 2.45) is 17.2 Å². The highest BCUT2D eigenvalue weighted by Crippen LogP contribution is 2.15. The second kappa shape index (κ2) is 21.9. The van der Waals surface area contributed by atoms with Crippen LogP contribution >= 0.6 is 0 Å². The van der Waals surface area contributed by atoms with Crippen LogP contribution in [-0.2, 0) is 20.8 Å². The van der Waals surface area contributed by atoms with Crippen molar-refractivity contribution in [2.75, 3.05) is 31.5 Å². The van der Waals surface area contributed by atoms with Crippen LogP contribution in [-0.4, -0.2) is 71.1 Å². The van der Waals surface area contributed by atoms with Gasteiger partial charge in [0.1, 0.15) is 6.04 Å². The van der Waals surface area contributed by atoms with Crippen molar-refractivity contribution in [2.45, 2.75) is 37.8 Å². The summed E-state index contributed by atoms with van der Waals surface area (Å²) >= 11 is 0. The number of nitrogens with zero attached hydrogens (tertiary/aromatic N) is 3. The summed E-state index contributed by atoms with van der Waals surface area (Å²) < 4.78 is 0. The van der Waals surface area contributed by atoms with Gasteiger partial charge in [-0.3, -0.25) is 14.4 Å². The lowest BCUT2D eigenvalue weighted by atomic mass is 10.0. The monoisotopic (exact) mass is 660 g/mol. The van der Waals surface area contributed by atoms with E-state index in [9.17, 15) is 14.4 Å². The van der Waals surface area contributed by atoms with Gasteiger partial charge in [0.15, 0.2) is 5.82 Å². The van der Waals surface area contributed by atoms with Gasteiger partial charge in [0.2, 0.25) is 17.7 Å². The van der Waals surface area contributed by atoms with Crippen LogP contribution in [0.15, 0.2) is 60.7 Å². The molecule has 0 unspecified atom stereocenters. The van der Waals surface area contributed by atoms with Gasteiger partial charge in [-0.25, -0.2) is 0 Å². The summed E-state index contributed by atoms with van der Waals surface area (Å²) in [4.78, 5) is 40.2. The molecule has 2 aromatic carbocycles. The molecule has 15 heteroatoms. The van der Waals surface area contributed by atoms with Gasteiger partial charge in [-0.2, -0.15) is 0 Å². The first-order valence-corrected chi connectivity index (χ1v) is 12.7. The van der Waals surface area contributed by atoms with E-state index in [-0.39, 0.29) is 74.2 Å². The molecule has 1 heterocycles. The molecule has 0 spiro atoms. The Hall–Kier alpha value is -2.77. The second-order valence-electron chi connectivity index (χ2n) is 8.97. The van der Waals surface area contributed by atoms with Crippen LogP contribution in [0.4, 0.5) is 5.82 Å². The molecular weight excluding hydrogens is 626 g/mol. The Morgan fingerprint density at radius 1 is 0.810 bits per heavy atom. The molecule has 11 nitrogen and oxygen atoms in total. The normalized spacial score (nSPS) is 11.3. The number of aromatic nitrogens is 2. The summed E-state index contributed by atoms with van der Waals surface area (Å²) in [6.45, 7) is 1.41. The van der Waals surface area contributed by atoms with Crippen LogP contribution in [0.2, 0.25) is 0 Å². The highest BCUT2D eigenvalue weighted by Gasteiger charge is 2.25. The number of aryl methyl sites for hydroxylation is 1. The topological polar surface area (TPSA) is 182 Å². The summed E-state index contributed by atoms with van der Waals surface area (Å²) in [5.74, 6) is -0.834. The fourth-order valence-corrected chi connectivity index (χ4v) is 4.00. The van der Waals surface area contributed by atoms with Crippen LogP contribution in [0.3, 0.4) is 0 Å². The van der Waals surface area contributed by atoms with Gasteiger partial charge in [0, 0.05) is 38.0 Å². The maximum absolute atomic E-state index is 13.2. The molecule has 0 radical (unpaired) electrons. The number of nitrogens with one attached hydrogen (secondary N) is 2. The Morgan fingerprint density at radius 3 is 2.07 bits per heavy atom. The summed E-state index contributed by atoms with van der Waals surface area (Å²) in [7, 11) is 0. The molecule has 3 rings (SSSR count). The molecular formula is C27H36Cl4N8O3-4. The summed E-state index contributed by atoms with van der Waals surface area (Å²) in [5, 5.41) is 14.6. The Kier molecular flexibility index (Phi) is 21.5. The fourth-order valence-electron chi connectivity index (χ4n) is 4.00. The molecule has 8 N–H and O–H groups in total. The van der Waals surface area contributed by atoms with Gasteiger partial charge < -0.3 is 82.4 Å². The first-order valence-electron chi connectivity index (χ1n) is 12.7. The quantitative estimate of drug-likeness (QED) is 0.113. The average Bonchev–Trinajstić information content (AvgIpc) is 2.93. The van der Waals surface area contributed by atoms with E-state index in [1.807, 2.05) is 54.6 Å². The molecule has 0 aliphatic heterocycles. The van der Waals surface area contributed by atoms with Gasteiger partial charge in [-0.15, -0.1) is 10.2 Å². The molecule has 0 aliphatic rings. The first kappa shape index (κ1) is 41.4. The van der Waals surface area contributed by atoms with Crippen LogP contribution < -0.4 is 77.5 Å². The minimum absolute atomic E-state index is 0. The molecule has 0 saturated carbocycles. The van der Waals surface area contributed by atoms with Crippen molar-refractivity contribution in [1.29, 1.82) is 0 Å². The Labute approximate surface area is 270 Å². The van der Waals surface area contributed by atoms with Crippen molar-refractivity contribution < 1.29 is 64.0 Å². The van der Waals surface area contributed by atoms with E-state index < -0.39 is 23.9 Å². The number of anilines is 1. The minimum Gasteiger partial charge on any atom is -1.00 e. The predicted octanol–water partition coefficient (Wildman–Crippen LogP) is -11.4. The Balaban J connectivity index is 0. The van der Waals surface area contributed by atoms with Crippen LogP contribution in [0, 0.1) is 0 Å². The third kappa shape index (κ3) is 13.0. The highest BCUT2D eigenvalue weighted by atomic mass is 35.5. The fraction of sp³-hybridized carbons (Fsp3) is 0.370. The van der Waals surface area contributed by atoms with Crippen molar-refractivity contribution in [3.05, 3.63) is 66.2 Å². The predicted molar refractivity (Wildman–Crippen MR) is 147 cm³/mol. The highest BCUT2D eigenvalue weighted by molar-refractivity contribution is 5.98. The van der Waals surface area contributed by atoms with Gasteiger partial charge in [-0.1, -0.05) is 48.5 Å². The van der Waals surface area contributed by atoms with Crippen molar-refractivity contribution >= 4 is 34.4 Å². The smallest absolute Gasteiger partial charge is 0.248 e. The largest absolute Gasteiger partial charge is 1.00 e. The number of benzene rings is 2.